The number of aromatic nitrogens is 1. The normalized spacial score (nSPS) is 19.2. The summed E-state index contributed by atoms with van der Waals surface area (Å²) >= 11 is 0. The first-order valence-electron chi connectivity index (χ1n) is 6.23. The number of nitrogens with one attached hydrogen (secondary N) is 2. The molecule has 1 saturated heterocycles. The molecule has 1 aliphatic heterocycles. The number of nitrogens with zero attached hydrogens (tertiary/aromatic N) is 1. The lowest BCUT2D eigenvalue weighted by Gasteiger charge is -2.22. The molecule has 2 rings (SSSR count). The number of hydrogen-bond acceptors (Lipinski definition) is 7. The van der Waals surface area contributed by atoms with Gasteiger partial charge in [0, 0.05) is 12.6 Å². The van der Waals surface area contributed by atoms with Crippen LogP contribution in [0.15, 0.2) is 18.3 Å². The van der Waals surface area contributed by atoms with Crippen LogP contribution in [0.4, 0.5) is 5.82 Å². The monoisotopic (exact) mass is 313 g/mol. The van der Waals surface area contributed by atoms with Crippen molar-refractivity contribution in [2.45, 2.75) is 25.5 Å². The second-order valence-electron chi connectivity index (χ2n) is 4.67. The van der Waals surface area contributed by atoms with E-state index >= 15 is 0 Å². The molecule has 1 fully saturated rings. The van der Waals surface area contributed by atoms with Gasteiger partial charge in [0.05, 0.1) is 12.9 Å². The lowest BCUT2D eigenvalue weighted by Crippen LogP contribution is -2.47. The van der Waals surface area contributed by atoms with Crippen LogP contribution in [0.5, 0.6) is 0 Å². The van der Waals surface area contributed by atoms with Gasteiger partial charge in [-0.15, -0.1) is 0 Å². The molecule has 114 valence electrons. The molecule has 0 aliphatic carbocycles. The van der Waals surface area contributed by atoms with Crippen LogP contribution < -0.4 is 10.6 Å². The highest BCUT2D eigenvalue weighted by Crippen LogP contribution is 2.12. The Kier molecular flexibility index (Phi) is 4.53. The third kappa shape index (κ3) is 4.80. The van der Waals surface area contributed by atoms with E-state index in [1.54, 1.807) is 12.1 Å². The van der Waals surface area contributed by atoms with Crippen LogP contribution in [-0.4, -0.2) is 37.5 Å². The van der Waals surface area contributed by atoms with Crippen LogP contribution in [0.25, 0.3) is 0 Å². The Morgan fingerprint density at radius 1 is 1.43 bits per heavy atom. The minimum atomic E-state index is -3.50. The maximum atomic E-state index is 11.6. The first-order chi connectivity index (χ1) is 9.83. The minimum Gasteiger partial charge on any atom is -0.358 e. The Labute approximate surface area is 122 Å². The van der Waals surface area contributed by atoms with Crippen molar-refractivity contribution >= 4 is 27.8 Å². The van der Waals surface area contributed by atoms with Crippen molar-refractivity contribution in [3.63, 3.8) is 0 Å². The number of hydrogen-bond donors (Lipinski definition) is 2. The van der Waals surface area contributed by atoms with Crippen molar-refractivity contribution in [3.05, 3.63) is 23.9 Å². The molecule has 1 aliphatic rings. The van der Waals surface area contributed by atoms with Gasteiger partial charge >= 0.3 is 0 Å². The van der Waals surface area contributed by atoms with E-state index in [1.165, 1.54) is 6.20 Å². The summed E-state index contributed by atoms with van der Waals surface area (Å²) in [4.78, 5) is 26.7. The fraction of sp³-hybridized carbons (Fsp3) is 0.417. The molecule has 0 saturated carbocycles. The Morgan fingerprint density at radius 3 is 2.76 bits per heavy atom. The molecule has 21 heavy (non-hydrogen) atoms. The molecule has 2 amide bonds. The fourth-order valence-corrected chi connectivity index (χ4v) is 2.13. The van der Waals surface area contributed by atoms with Gasteiger partial charge in [0.25, 0.3) is 10.1 Å². The molecule has 1 aromatic rings. The Morgan fingerprint density at radius 2 is 2.19 bits per heavy atom. The molecule has 2 N–H and O–H groups in total. The van der Waals surface area contributed by atoms with Gasteiger partial charge in [0.2, 0.25) is 11.8 Å². The van der Waals surface area contributed by atoms with Crippen molar-refractivity contribution in [1.29, 1.82) is 0 Å². The van der Waals surface area contributed by atoms with Crippen molar-refractivity contribution in [1.82, 2.24) is 10.3 Å². The molecule has 9 heteroatoms. The molecule has 0 radical (unpaired) electrons. The SMILES string of the molecule is CS(=O)(=O)OCc1ccc(NC2CCC(=O)NC2=O)nc1. The van der Waals surface area contributed by atoms with E-state index < -0.39 is 16.2 Å². The van der Waals surface area contributed by atoms with Crippen molar-refractivity contribution in [2.75, 3.05) is 11.6 Å². The summed E-state index contributed by atoms with van der Waals surface area (Å²) in [5.41, 5.74) is 0.592. The van der Waals surface area contributed by atoms with E-state index in [2.05, 4.69) is 19.8 Å². The summed E-state index contributed by atoms with van der Waals surface area (Å²) in [5, 5.41) is 5.16. The highest BCUT2D eigenvalue weighted by molar-refractivity contribution is 7.85. The summed E-state index contributed by atoms with van der Waals surface area (Å²) < 4.78 is 26.4. The lowest BCUT2D eigenvalue weighted by atomic mass is 10.1. The Hall–Kier alpha value is -2.00. The number of pyridine rings is 1. The molecule has 0 spiro atoms. The average Bonchev–Trinajstić information content (AvgIpc) is 2.40. The van der Waals surface area contributed by atoms with Crippen LogP contribution in [0, 0.1) is 0 Å². The third-order valence-corrected chi connectivity index (χ3v) is 3.37. The zero-order valence-electron chi connectivity index (χ0n) is 11.3. The molecular formula is C12H15N3O5S. The van der Waals surface area contributed by atoms with E-state index in [0.29, 0.717) is 17.8 Å². The number of carbonyl (C=O) groups is 2. The standard InChI is InChI=1S/C12H15N3O5S/c1-21(18,19)20-7-8-2-4-10(13-6-8)14-9-3-5-11(16)15-12(9)17/h2,4,6,9H,3,5,7H2,1H3,(H,13,14)(H,15,16,17). The van der Waals surface area contributed by atoms with Gasteiger partial charge in [-0.05, 0) is 18.1 Å². The number of amides is 2. The fourth-order valence-electron chi connectivity index (χ4n) is 1.78. The highest BCUT2D eigenvalue weighted by Gasteiger charge is 2.26. The van der Waals surface area contributed by atoms with Crippen molar-refractivity contribution in [2.24, 2.45) is 0 Å². The van der Waals surface area contributed by atoms with E-state index in [0.717, 1.165) is 6.26 Å². The van der Waals surface area contributed by atoms with E-state index in [9.17, 15) is 18.0 Å². The summed E-state index contributed by atoms with van der Waals surface area (Å²) in [6.07, 6.45) is 3.12. The number of piperidine rings is 1. The third-order valence-electron chi connectivity index (χ3n) is 2.83. The molecule has 1 aromatic heterocycles. The largest absolute Gasteiger partial charge is 0.358 e. The number of imide groups is 1. The molecule has 0 aromatic carbocycles. The molecule has 8 nitrogen and oxygen atoms in total. The van der Waals surface area contributed by atoms with Crippen LogP contribution in [0.2, 0.25) is 0 Å². The average molecular weight is 313 g/mol. The predicted octanol–water partition coefficient (Wildman–Crippen LogP) is -0.225. The van der Waals surface area contributed by atoms with Crippen molar-refractivity contribution < 1.29 is 22.2 Å². The van der Waals surface area contributed by atoms with Gasteiger partial charge in [0.1, 0.15) is 11.9 Å². The van der Waals surface area contributed by atoms with Gasteiger partial charge in [-0.25, -0.2) is 4.98 Å². The summed E-state index contributed by atoms with van der Waals surface area (Å²) in [5.74, 6) is -0.190. The van der Waals surface area contributed by atoms with Crippen LogP contribution in [0.1, 0.15) is 18.4 Å². The smallest absolute Gasteiger partial charge is 0.264 e. The molecular weight excluding hydrogens is 298 g/mol. The van der Waals surface area contributed by atoms with Gasteiger partial charge in [0.15, 0.2) is 0 Å². The van der Waals surface area contributed by atoms with Crippen LogP contribution in [-0.2, 0) is 30.5 Å². The maximum Gasteiger partial charge on any atom is 0.264 e. The number of anilines is 1. The van der Waals surface area contributed by atoms with Crippen LogP contribution in [0.3, 0.4) is 0 Å². The van der Waals surface area contributed by atoms with Gasteiger partial charge in [-0.1, -0.05) is 6.07 Å². The Bertz CT molecular complexity index is 641. The molecule has 1 unspecified atom stereocenters. The molecule has 2 heterocycles. The zero-order chi connectivity index (χ0) is 15.5. The van der Waals surface area contributed by atoms with Gasteiger partial charge in [-0.3, -0.25) is 19.1 Å². The first-order valence-corrected chi connectivity index (χ1v) is 8.05. The van der Waals surface area contributed by atoms with E-state index in [1.807, 2.05) is 0 Å². The van der Waals surface area contributed by atoms with E-state index in [4.69, 9.17) is 0 Å². The quantitative estimate of drug-likeness (QED) is 0.570. The summed E-state index contributed by atoms with van der Waals surface area (Å²) in [6.45, 7) is -0.0927. The predicted molar refractivity (Wildman–Crippen MR) is 73.7 cm³/mol. The number of rotatable bonds is 5. The van der Waals surface area contributed by atoms with E-state index in [-0.39, 0.29) is 24.8 Å². The van der Waals surface area contributed by atoms with Gasteiger partial charge < -0.3 is 5.32 Å². The van der Waals surface area contributed by atoms with Crippen molar-refractivity contribution in [3.8, 4) is 0 Å². The van der Waals surface area contributed by atoms with Gasteiger partial charge in [-0.2, -0.15) is 8.42 Å². The second kappa shape index (κ2) is 6.19. The molecule has 0 bridgehead atoms. The zero-order valence-corrected chi connectivity index (χ0v) is 12.1. The first kappa shape index (κ1) is 15.4. The summed E-state index contributed by atoms with van der Waals surface area (Å²) in [7, 11) is -3.50. The highest BCUT2D eigenvalue weighted by atomic mass is 32.2. The topological polar surface area (TPSA) is 114 Å². The Balaban J connectivity index is 1.93. The minimum absolute atomic E-state index is 0.0927. The number of carbonyl (C=O) groups excluding carboxylic acids is 2. The molecule has 1 atom stereocenters. The summed E-state index contributed by atoms with van der Waals surface area (Å²) in [6, 6.07) is 2.75. The van der Waals surface area contributed by atoms with Crippen LogP contribution >= 0.6 is 0 Å². The lowest BCUT2D eigenvalue weighted by molar-refractivity contribution is -0.133. The maximum absolute atomic E-state index is 11.6. The second-order valence-corrected chi connectivity index (χ2v) is 6.31.